The number of hydrogen-bond donors (Lipinski definition) is 4. The number of aliphatic carboxylic acids is 1. The maximum atomic E-state index is 11.5. The fourth-order valence-corrected chi connectivity index (χ4v) is 4.27. The lowest BCUT2D eigenvalue weighted by Gasteiger charge is -2.25. The number of carbonyl (C=O) groups excluding carboxylic acids is 1. The highest BCUT2D eigenvalue weighted by molar-refractivity contribution is 7.80. The van der Waals surface area contributed by atoms with Gasteiger partial charge in [-0.3, -0.25) is 9.35 Å². The quantitative estimate of drug-likeness (QED) is 0.0331. The second-order valence-electron chi connectivity index (χ2n) is 10.7. The Bertz CT molecular complexity index is 1320. The third kappa shape index (κ3) is 21.9. The van der Waals surface area contributed by atoms with Gasteiger partial charge >= 0.3 is 16.4 Å². The molecule has 0 radical (unpaired) electrons. The van der Waals surface area contributed by atoms with Crippen LogP contribution in [0.1, 0.15) is 53.9 Å². The molecule has 46 heavy (non-hydrogen) atoms. The summed E-state index contributed by atoms with van der Waals surface area (Å²) in [6, 6.07) is 0. The van der Waals surface area contributed by atoms with E-state index in [1.807, 2.05) is 43.4 Å². The molecule has 6 unspecified atom stereocenters. The first-order valence-corrected chi connectivity index (χ1v) is 16.5. The third-order valence-electron chi connectivity index (χ3n) is 6.85. The maximum Gasteiger partial charge on any atom is 0.397 e. The second-order valence-corrected chi connectivity index (χ2v) is 11.8. The van der Waals surface area contributed by atoms with Crippen LogP contribution in [0.25, 0.3) is 0 Å². The van der Waals surface area contributed by atoms with E-state index >= 15 is 0 Å². The maximum absolute atomic E-state index is 11.5. The number of carboxylic acids is 1. The van der Waals surface area contributed by atoms with E-state index in [0.717, 1.165) is 12.8 Å². The van der Waals surface area contributed by atoms with Crippen LogP contribution in [-0.4, -0.2) is 58.4 Å². The van der Waals surface area contributed by atoms with Crippen LogP contribution < -0.4 is 0 Å². The van der Waals surface area contributed by atoms with Gasteiger partial charge in [-0.15, -0.1) is 0 Å². The topological polar surface area (TPSA) is 158 Å². The molecule has 0 fully saturated rings. The van der Waals surface area contributed by atoms with Crippen LogP contribution in [0.4, 0.5) is 0 Å². The van der Waals surface area contributed by atoms with Crippen molar-refractivity contribution in [1.29, 1.82) is 0 Å². The Morgan fingerprint density at radius 1 is 0.717 bits per heavy atom. The van der Waals surface area contributed by atoms with Crippen molar-refractivity contribution in [2.45, 2.75) is 72.2 Å². The molecule has 0 aliphatic heterocycles. The van der Waals surface area contributed by atoms with Gasteiger partial charge in [0.15, 0.2) is 0 Å². The van der Waals surface area contributed by atoms with E-state index in [0.29, 0.717) is 0 Å². The number of aliphatic hydroxyl groups is 2. The zero-order valence-electron chi connectivity index (χ0n) is 27.3. The molecular weight excluding hydrogens is 608 g/mol. The molecule has 0 rings (SSSR count). The van der Waals surface area contributed by atoms with Gasteiger partial charge in [0.1, 0.15) is 5.78 Å². The molecule has 0 saturated heterocycles. The summed E-state index contributed by atoms with van der Waals surface area (Å²) in [4.78, 5) is 22.2. The minimum atomic E-state index is -4.66. The molecule has 4 N–H and O–H groups in total. The summed E-state index contributed by atoms with van der Waals surface area (Å²) in [5.41, 5.74) is 0.271. The highest BCUT2D eigenvalue weighted by atomic mass is 32.3. The molecule has 0 spiro atoms. The van der Waals surface area contributed by atoms with Crippen molar-refractivity contribution >= 4 is 22.2 Å². The molecular formula is C36H50O9S. The van der Waals surface area contributed by atoms with Crippen molar-refractivity contribution in [2.24, 2.45) is 17.8 Å². The minimum absolute atomic E-state index is 0.131. The number of aliphatic hydroxyl groups excluding tert-OH is 2. The smallest absolute Gasteiger partial charge is 0.397 e. The van der Waals surface area contributed by atoms with Gasteiger partial charge in [-0.1, -0.05) is 136 Å². The minimum Gasteiger partial charge on any atom is -0.478 e. The predicted octanol–water partition coefficient (Wildman–Crippen LogP) is 6.60. The van der Waals surface area contributed by atoms with E-state index in [-0.39, 0.29) is 29.6 Å². The lowest BCUT2D eigenvalue weighted by molar-refractivity contribution is -0.132. The van der Waals surface area contributed by atoms with E-state index < -0.39 is 40.6 Å². The van der Waals surface area contributed by atoms with Gasteiger partial charge in [-0.05, 0) is 33.1 Å². The zero-order valence-corrected chi connectivity index (χ0v) is 28.1. The number of Topliss-reactive ketones (excluding diaryl/α,β-unsaturated/α-hetero) is 1. The van der Waals surface area contributed by atoms with Crippen LogP contribution in [0, 0.1) is 17.8 Å². The first-order chi connectivity index (χ1) is 21.7. The SMILES string of the molecule is CC(=O)C(C)C(C/C=C/C=C/C=C/C=C/C=C/C=C/C(O)C(C)C(O)C(C)/C=C/CC/C=C/C=C/C=C(\C)C(=O)O)OS(=O)(=O)O. The molecule has 0 aromatic heterocycles. The molecule has 0 aromatic rings. The number of unbranched alkanes of at least 4 members (excludes halogenated alkanes) is 1. The molecule has 0 aromatic carbocycles. The van der Waals surface area contributed by atoms with E-state index in [9.17, 15) is 28.2 Å². The van der Waals surface area contributed by atoms with Crippen molar-refractivity contribution in [3.8, 4) is 0 Å². The molecule has 0 amide bonds. The standard InChI is InChI=1S/C36H50O9S/c1-28(24-20-16-12-11-13-17-21-25-29(2)36(40)41)35(39)31(4)33(38)26-22-18-14-9-7-6-8-10-15-19-23-27-34(30(3)32(5)37)45-46(42,43)44/h6-11,13-15,17-26,28,30-31,33-35,38-39H,12,16,27H2,1-5H3,(H,40,41)(H,42,43,44)/b8-6+,9-7+,13-11+,15-10+,18-14+,21-17+,23-19+,24-20+,26-22+,29-25+. The Hall–Kier alpha value is -3.67. The molecule has 0 bridgehead atoms. The Balaban J connectivity index is 4.53. The normalized spacial score (nSPS) is 18.0. The van der Waals surface area contributed by atoms with Crippen LogP contribution in [0.15, 0.2) is 121 Å². The lowest BCUT2D eigenvalue weighted by Crippen LogP contribution is -2.32. The first kappa shape index (κ1) is 42.3. The van der Waals surface area contributed by atoms with E-state index in [4.69, 9.17) is 9.66 Å². The highest BCUT2D eigenvalue weighted by Gasteiger charge is 2.26. The summed E-state index contributed by atoms with van der Waals surface area (Å²) in [6.45, 7) is 8.11. The van der Waals surface area contributed by atoms with E-state index in [1.54, 1.807) is 79.8 Å². The molecule has 9 nitrogen and oxygen atoms in total. The van der Waals surface area contributed by atoms with Gasteiger partial charge < -0.3 is 15.3 Å². The third-order valence-corrected chi connectivity index (χ3v) is 7.34. The highest BCUT2D eigenvalue weighted by Crippen LogP contribution is 2.19. The van der Waals surface area contributed by atoms with E-state index in [2.05, 4.69) is 4.18 Å². The predicted molar refractivity (Wildman–Crippen MR) is 184 cm³/mol. The number of hydrogen-bond acceptors (Lipinski definition) is 7. The molecule has 0 saturated carbocycles. The van der Waals surface area contributed by atoms with Gasteiger partial charge in [-0.2, -0.15) is 8.42 Å². The Morgan fingerprint density at radius 3 is 1.76 bits per heavy atom. The fraction of sp³-hybridized carbons (Fsp3) is 0.389. The summed E-state index contributed by atoms with van der Waals surface area (Å²) in [5.74, 6) is -2.38. The van der Waals surface area contributed by atoms with Gasteiger partial charge in [0.05, 0.1) is 18.3 Å². The largest absolute Gasteiger partial charge is 0.478 e. The number of carboxylic acid groups (broad SMARTS) is 1. The molecule has 0 aliphatic rings. The Morgan fingerprint density at radius 2 is 1.22 bits per heavy atom. The zero-order chi connectivity index (χ0) is 35.0. The van der Waals surface area contributed by atoms with Crippen LogP contribution in [-0.2, 0) is 24.2 Å². The number of ketones is 1. The number of allylic oxidation sites excluding steroid dienone is 16. The molecule has 10 heteroatoms. The number of rotatable bonds is 22. The summed E-state index contributed by atoms with van der Waals surface area (Å²) >= 11 is 0. The van der Waals surface area contributed by atoms with E-state index in [1.165, 1.54) is 26.8 Å². The lowest BCUT2D eigenvalue weighted by atomic mass is 9.88. The molecule has 6 atom stereocenters. The van der Waals surface area contributed by atoms with Crippen molar-refractivity contribution in [1.82, 2.24) is 0 Å². The van der Waals surface area contributed by atoms with Gasteiger partial charge in [0.2, 0.25) is 0 Å². The van der Waals surface area contributed by atoms with Crippen LogP contribution in [0.2, 0.25) is 0 Å². The Kier molecular flexibility index (Phi) is 22.6. The van der Waals surface area contributed by atoms with Crippen LogP contribution in [0.3, 0.4) is 0 Å². The van der Waals surface area contributed by atoms with Crippen LogP contribution >= 0.6 is 0 Å². The monoisotopic (exact) mass is 658 g/mol. The second kappa shape index (κ2) is 24.5. The summed E-state index contributed by atoms with van der Waals surface area (Å²) in [6.07, 6.45) is 32.9. The summed E-state index contributed by atoms with van der Waals surface area (Å²) in [7, 11) is -4.66. The number of carbonyl (C=O) groups is 2. The van der Waals surface area contributed by atoms with Gasteiger partial charge in [0, 0.05) is 23.3 Å². The average molecular weight is 659 g/mol. The van der Waals surface area contributed by atoms with Crippen molar-refractivity contribution < 1.29 is 42.1 Å². The van der Waals surface area contributed by atoms with Crippen molar-refractivity contribution in [2.75, 3.05) is 0 Å². The molecule has 0 heterocycles. The summed E-state index contributed by atoms with van der Waals surface area (Å²) in [5, 5.41) is 29.9. The van der Waals surface area contributed by atoms with Crippen molar-refractivity contribution in [3.05, 3.63) is 121 Å². The van der Waals surface area contributed by atoms with Gasteiger partial charge in [-0.25, -0.2) is 8.98 Å². The fourth-order valence-electron chi connectivity index (χ4n) is 3.71. The van der Waals surface area contributed by atoms with Crippen molar-refractivity contribution in [3.63, 3.8) is 0 Å². The average Bonchev–Trinajstić information content (AvgIpc) is 2.99. The first-order valence-electron chi connectivity index (χ1n) is 15.1. The molecule has 254 valence electrons. The van der Waals surface area contributed by atoms with Crippen LogP contribution in [0.5, 0.6) is 0 Å². The summed E-state index contributed by atoms with van der Waals surface area (Å²) < 4.78 is 35.5. The molecule has 0 aliphatic carbocycles. The Labute approximate surface area is 274 Å². The van der Waals surface area contributed by atoms with Gasteiger partial charge in [0.25, 0.3) is 0 Å².